The third-order valence-corrected chi connectivity index (χ3v) is 7.32. The third kappa shape index (κ3) is 2.45. The largest absolute Gasteiger partial charge is 0.481 e. The molecule has 3 aliphatic rings. The SMILES string of the molecule is CCN1C[C@@]2(C(=O)O)CN(S(=O)(=O)N3CCCCC3)C[C@H]2C1=O. The molecule has 1 N–H and O–H groups in total. The van der Waals surface area contributed by atoms with Crippen LogP contribution in [0.3, 0.4) is 0 Å². The number of carbonyl (C=O) groups is 2. The molecule has 3 aliphatic heterocycles. The maximum Gasteiger partial charge on any atom is 0.313 e. The minimum Gasteiger partial charge on any atom is -0.481 e. The van der Waals surface area contributed by atoms with Crippen molar-refractivity contribution in [3.63, 3.8) is 0 Å². The van der Waals surface area contributed by atoms with Gasteiger partial charge in [0.1, 0.15) is 5.41 Å². The number of fused-ring (bicyclic) bond motifs is 1. The predicted molar refractivity (Wildman–Crippen MR) is 81.7 cm³/mol. The highest BCUT2D eigenvalue weighted by Gasteiger charge is 2.63. The van der Waals surface area contributed by atoms with E-state index in [-0.39, 0.29) is 25.5 Å². The van der Waals surface area contributed by atoms with Gasteiger partial charge in [-0.1, -0.05) is 6.42 Å². The molecule has 130 valence electrons. The Balaban J connectivity index is 1.86. The van der Waals surface area contributed by atoms with Gasteiger partial charge in [0.05, 0.1) is 5.92 Å². The van der Waals surface area contributed by atoms with Crippen molar-refractivity contribution in [2.45, 2.75) is 26.2 Å². The lowest BCUT2D eigenvalue weighted by atomic mass is 9.81. The van der Waals surface area contributed by atoms with E-state index in [9.17, 15) is 23.1 Å². The van der Waals surface area contributed by atoms with Crippen molar-refractivity contribution in [2.24, 2.45) is 11.3 Å². The van der Waals surface area contributed by atoms with Crippen molar-refractivity contribution in [3.05, 3.63) is 0 Å². The lowest BCUT2D eigenvalue weighted by Gasteiger charge is -2.31. The van der Waals surface area contributed by atoms with Crippen LogP contribution in [0.25, 0.3) is 0 Å². The summed E-state index contributed by atoms with van der Waals surface area (Å²) in [6.45, 7) is 3.14. The van der Waals surface area contributed by atoms with Crippen LogP contribution in [-0.4, -0.2) is 78.2 Å². The third-order valence-electron chi connectivity index (χ3n) is 5.37. The fourth-order valence-electron chi connectivity index (χ4n) is 3.97. The molecule has 0 unspecified atom stereocenters. The van der Waals surface area contributed by atoms with Gasteiger partial charge in [0.25, 0.3) is 10.2 Å². The summed E-state index contributed by atoms with van der Waals surface area (Å²) in [6.07, 6.45) is 2.66. The summed E-state index contributed by atoms with van der Waals surface area (Å²) < 4.78 is 28.2. The average Bonchev–Trinajstić information content (AvgIpc) is 3.05. The number of hydrogen-bond donors (Lipinski definition) is 1. The molecule has 23 heavy (non-hydrogen) atoms. The first kappa shape index (κ1) is 16.7. The van der Waals surface area contributed by atoms with Gasteiger partial charge in [-0.2, -0.15) is 17.0 Å². The zero-order valence-corrected chi connectivity index (χ0v) is 14.1. The quantitative estimate of drug-likeness (QED) is 0.746. The predicted octanol–water partition coefficient (Wildman–Crippen LogP) is -0.418. The highest BCUT2D eigenvalue weighted by atomic mass is 32.2. The number of carbonyl (C=O) groups excluding carboxylic acids is 1. The van der Waals surface area contributed by atoms with Crippen LogP contribution in [0, 0.1) is 11.3 Å². The van der Waals surface area contributed by atoms with Crippen LogP contribution in [0.1, 0.15) is 26.2 Å². The molecule has 0 aliphatic carbocycles. The van der Waals surface area contributed by atoms with Crippen molar-refractivity contribution >= 4 is 22.1 Å². The van der Waals surface area contributed by atoms with Gasteiger partial charge in [0.2, 0.25) is 5.91 Å². The first-order chi connectivity index (χ1) is 10.8. The molecule has 3 saturated heterocycles. The van der Waals surface area contributed by atoms with E-state index >= 15 is 0 Å². The topological polar surface area (TPSA) is 98.2 Å². The van der Waals surface area contributed by atoms with E-state index in [0.29, 0.717) is 19.6 Å². The Morgan fingerprint density at radius 1 is 1.22 bits per heavy atom. The molecular formula is C14H23N3O5S. The highest BCUT2D eigenvalue weighted by molar-refractivity contribution is 7.86. The first-order valence-electron chi connectivity index (χ1n) is 8.10. The molecule has 0 aromatic rings. The van der Waals surface area contributed by atoms with Crippen molar-refractivity contribution in [3.8, 4) is 0 Å². The molecule has 0 aromatic carbocycles. The zero-order chi connectivity index (χ0) is 16.8. The van der Waals surface area contributed by atoms with Crippen LogP contribution in [0.2, 0.25) is 0 Å². The second-order valence-corrected chi connectivity index (χ2v) is 8.55. The zero-order valence-electron chi connectivity index (χ0n) is 13.3. The van der Waals surface area contributed by atoms with Crippen LogP contribution in [-0.2, 0) is 19.8 Å². The fourth-order valence-corrected chi connectivity index (χ4v) is 5.75. The molecule has 8 nitrogen and oxygen atoms in total. The second kappa shape index (κ2) is 5.71. The molecule has 0 spiro atoms. The molecule has 0 bridgehead atoms. The number of piperidine rings is 1. The molecule has 2 atom stereocenters. The standard InChI is InChI=1S/C14H23N3O5S/c1-2-15-9-14(13(19)20)10-17(8-11(14)12(15)18)23(21,22)16-6-4-3-5-7-16/h11H,2-10H2,1H3,(H,19,20)/t11-,14+/m0/s1. The summed E-state index contributed by atoms with van der Waals surface area (Å²) in [4.78, 5) is 25.8. The Bertz CT molecular complexity index is 616. The van der Waals surface area contributed by atoms with Gasteiger partial charge < -0.3 is 10.0 Å². The average molecular weight is 345 g/mol. The number of hydrogen-bond acceptors (Lipinski definition) is 4. The first-order valence-corrected chi connectivity index (χ1v) is 9.50. The number of carboxylic acid groups (broad SMARTS) is 1. The van der Waals surface area contributed by atoms with Gasteiger partial charge in [-0.3, -0.25) is 9.59 Å². The molecule has 9 heteroatoms. The van der Waals surface area contributed by atoms with Gasteiger partial charge >= 0.3 is 5.97 Å². The van der Waals surface area contributed by atoms with Crippen LogP contribution >= 0.6 is 0 Å². The monoisotopic (exact) mass is 345 g/mol. The maximum absolute atomic E-state index is 12.8. The molecule has 3 fully saturated rings. The Morgan fingerprint density at radius 3 is 2.39 bits per heavy atom. The summed E-state index contributed by atoms with van der Waals surface area (Å²) in [5, 5.41) is 9.69. The molecule has 0 radical (unpaired) electrons. The molecule has 0 aromatic heterocycles. The Hall–Kier alpha value is -1.19. The minimum absolute atomic E-state index is 0.0273. The molecule has 0 saturated carbocycles. The van der Waals surface area contributed by atoms with E-state index < -0.39 is 27.5 Å². The van der Waals surface area contributed by atoms with Crippen LogP contribution in [0.4, 0.5) is 0 Å². The number of amides is 1. The summed E-state index contributed by atoms with van der Waals surface area (Å²) in [5.41, 5.74) is -1.31. The summed E-state index contributed by atoms with van der Waals surface area (Å²) >= 11 is 0. The van der Waals surface area contributed by atoms with E-state index in [1.54, 1.807) is 6.92 Å². The van der Waals surface area contributed by atoms with Crippen molar-refractivity contribution in [2.75, 3.05) is 39.3 Å². The number of carboxylic acids is 1. The molecule has 1 amide bonds. The summed E-state index contributed by atoms with van der Waals surface area (Å²) in [5.74, 6) is -2.10. The van der Waals surface area contributed by atoms with Gasteiger partial charge in [0, 0.05) is 39.3 Å². The second-order valence-electron chi connectivity index (χ2n) is 6.63. The van der Waals surface area contributed by atoms with Crippen molar-refractivity contribution in [1.82, 2.24) is 13.5 Å². The van der Waals surface area contributed by atoms with Crippen LogP contribution in [0.5, 0.6) is 0 Å². The van der Waals surface area contributed by atoms with Gasteiger partial charge in [-0.15, -0.1) is 0 Å². The number of rotatable bonds is 4. The van der Waals surface area contributed by atoms with E-state index in [1.165, 1.54) is 13.5 Å². The van der Waals surface area contributed by atoms with Gasteiger partial charge in [-0.05, 0) is 19.8 Å². The van der Waals surface area contributed by atoms with Crippen molar-refractivity contribution < 1.29 is 23.1 Å². The number of nitrogens with zero attached hydrogens (tertiary/aromatic N) is 3. The van der Waals surface area contributed by atoms with Crippen molar-refractivity contribution in [1.29, 1.82) is 0 Å². The maximum atomic E-state index is 12.8. The number of aliphatic carboxylic acids is 1. The lowest BCUT2D eigenvalue weighted by molar-refractivity contribution is -0.149. The van der Waals surface area contributed by atoms with Crippen LogP contribution < -0.4 is 0 Å². The lowest BCUT2D eigenvalue weighted by Crippen LogP contribution is -2.48. The smallest absolute Gasteiger partial charge is 0.313 e. The van der Waals surface area contributed by atoms with Crippen LogP contribution in [0.15, 0.2) is 0 Å². The molecule has 3 heterocycles. The summed E-state index contributed by atoms with van der Waals surface area (Å²) in [6, 6.07) is 0. The van der Waals surface area contributed by atoms with Gasteiger partial charge in [-0.25, -0.2) is 0 Å². The van der Waals surface area contributed by atoms with E-state index in [4.69, 9.17) is 0 Å². The van der Waals surface area contributed by atoms with E-state index in [1.807, 2.05) is 0 Å². The normalized spacial score (nSPS) is 33.2. The molecular weight excluding hydrogens is 322 g/mol. The Labute approximate surface area is 136 Å². The van der Waals surface area contributed by atoms with E-state index in [2.05, 4.69) is 0 Å². The summed E-state index contributed by atoms with van der Waals surface area (Å²) in [7, 11) is -3.69. The van der Waals surface area contributed by atoms with E-state index in [0.717, 1.165) is 19.3 Å². The van der Waals surface area contributed by atoms with Gasteiger partial charge in [0.15, 0.2) is 0 Å². The minimum atomic E-state index is -3.69. The highest BCUT2D eigenvalue weighted by Crippen LogP contribution is 2.44. The number of likely N-dealkylation sites (tertiary alicyclic amines) is 1. The molecule has 3 rings (SSSR count). The Morgan fingerprint density at radius 2 is 1.87 bits per heavy atom. The Kier molecular flexibility index (Phi) is 4.14. The fraction of sp³-hybridized carbons (Fsp3) is 0.857.